The highest BCUT2D eigenvalue weighted by molar-refractivity contribution is 7.92. The summed E-state index contributed by atoms with van der Waals surface area (Å²) < 4.78 is 41.5. The predicted molar refractivity (Wildman–Crippen MR) is 201 cm³/mol. The van der Waals surface area contributed by atoms with E-state index in [1.54, 1.807) is 36.3 Å². The number of fused-ring (bicyclic) bond motifs is 1. The van der Waals surface area contributed by atoms with E-state index in [-0.39, 0.29) is 16.4 Å². The number of ether oxygens (including phenoxy) is 2. The molecule has 1 heterocycles. The third kappa shape index (κ3) is 7.29. The second-order valence-electron chi connectivity index (χ2n) is 12.4. The maximum Gasteiger partial charge on any atom is 0.262 e. The Morgan fingerprint density at radius 1 is 0.706 bits per heavy atom. The van der Waals surface area contributed by atoms with Crippen LogP contribution in [-0.2, 0) is 23.2 Å². The Hall–Kier alpha value is -6.06. The third-order valence-electron chi connectivity index (χ3n) is 8.85. The molecule has 8 nitrogen and oxygen atoms in total. The van der Waals surface area contributed by atoms with Crippen LogP contribution in [0.4, 0.5) is 17.1 Å². The van der Waals surface area contributed by atoms with Crippen molar-refractivity contribution in [3.8, 4) is 11.5 Å². The van der Waals surface area contributed by atoms with Crippen LogP contribution in [0.15, 0.2) is 157 Å². The van der Waals surface area contributed by atoms with Gasteiger partial charge in [-0.3, -0.25) is 14.4 Å². The number of carbonyl (C=O) groups is 1. The van der Waals surface area contributed by atoms with E-state index in [0.29, 0.717) is 41.7 Å². The van der Waals surface area contributed by atoms with Gasteiger partial charge in [0.2, 0.25) is 0 Å². The monoisotopic (exact) mass is 695 g/mol. The minimum Gasteiger partial charge on any atom is -0.497 e. The summed E-state index contributed by atoms with van der Waals surface area (Å²) in [5, 5.41) is 0. The van der Waals surface area contributed by atoms with Crippen molar-refractivity contribution in [2.45, 2.75) is 31.1 Å². The Labute approximate surface area is 298 Å². The SMILES string of the molecule is COc1ccc(N2C(=O)c3cc(S(=O)(=O)Nc4ccc(C)cc4)ccc3N(Cc3ccccc3)[C@H]2c2ccc(OCc3ccccc3)cc2)cc1. The molecule has 0 aromatic heterocycles. The normalized spacial score (nSPS) is 14.2. The van der Waals surface area contributed by atoms with Gasteiger partial charge < -0.3 is 14.4 Å². The molecule has 0 saturated carbocycles. The minimum absolute atomic E-state index is 0.0112. The summed E-state index contributed by atoms with van der Waals surface area (Å²) in [5.41, 5.74) is 5.91. The van der Waals surface area contributed by atoms with E-state index in [1.807, 2.05) is 128 Å². The molecule has 0 bridgehead atoms. The molecule has 1 amide bonds. The van der Waals surface area contributed by atoms with E-state index in [1.165, 1.54) is 6.07 Å². The van der Waals surface area contributed by atoms with Crippen LogP contribution in [0.5, 0.6) is 11.5 Å². The van der Waals surface area contributed by atoms with Gasteiger partial charge in [-0.05, 0) is 90.3 Å². The molecule has 1 aliphatic rings. The zero-order valence-electron chi connectivity index (χ0n) is 28.3. The van der Waals surface area contributed by atoms with Crippen molar-refractivity contribution in [1.82, 2.24) is 0 Å². The molecule has 1 atom stereocenters. The number of benzene rings is 6. The van der Waals surface area contributed by atoms with Crippen LogP contribution >= 0.6 is 0 Å². The summed E-state index contributed by atoms with van der Waals surface area (Å²) in [6.07, 6.45) is -0.588. The van der Waals surface area contributed by atoms with Crippen molar-refractivity contribution in [2.75, 3.05) is 21.6 Å². The average Bonchev–Trinajstić information content (AvgIpc) is 3.17. The number of anilines is 3. The van der Waals surface area contributed by atoms with Crippen LogP contribution in [0, 0.1) is 6.92 Å². The number of nitrogens with one attached hydrogen (secondary N) is 1. The van der Waals surface area contributed by atoms with Crippen molar-refractivity contribution in [1.29, 1.82) is 0 Å². The van der Waals surface area contributed by atoms with Gasteiger partial charge in [0, 0.05) is 17.9 Å². The summed E-state index contributed by atoms with van der Waals surface area (Å²) >= 11 is 0. The van der Waals surface area contributed by atoms with Gasteiger partial charge in [0.25, 0.3) is 15.9 Å². The quantitative estimate of drug-likeness (QED) is 0.146. The maximum absolute atomic E-state index is 14.8. The zero-order valence-corrected chi connectivity index (χ0v) is 29.1. The second kappa shape index (κ2) is 14.4. The molecule has 256 valence electrons. The highest BCUT2D eigenvalue weighted by atomic mass is 32.2. The van der Waals surface area contributed by atoms with Crippen LogP contribution in [-0.4, -0.2) is 21.4 Å². The van der Waals surface area contributed by atoms with E-state index in [2.05, 4.69) is 9.62 Å². The number of methoxy groups -OCH3 is 1. The molecule has 6 aromatic rings. The van der Waals surface area contributed by atoms with Crippen LogP contribution in [0.2, 0.25) is 0 Å². The zero-order chi connectivity index (χ0) is 35.4. The Bertz CT molecular complexity index is 2230. The van der Waals surface area contributed by atoms with Gasteiger partial charge >= 0.3 is 0 Å². The van der Waals surface area contributed by atoms with Gasteiger partial charge in [-0.1, -0.05) is 90.5 Å². The molecule has 0 radical (unpaired) electrons. The second-order valence-corrected chi connectivity index (χ2v) is 14.0. The van der Waals surface area contributed by atoms with Gasteiger partial charge in [-0.25, -0.2) is 8.42 Å². The molecule has 0 aliphatic carbocycles. The fourth-order valence-electron chi connectivity index (χ4n) is 6.21. The molecular weight excluding hydrogens is 659 g/mol. The molecule has 1 N–H and O–H groups in total. The van der Waals surface area contributed by atoms with E-state index in [9.17, 15) is 13.2 Å². The Balaban J connectivity index is 1.32. The lowest BCUT2D eigenvalue weighted by Crippen LogP contribution is -2.49. The molecule has 7 rings (SSSR count). The van der Waals surface area contributed by atoms with E-state index in [4.69, 9.17) is 9.47 Å². The van der Waals surface area contributed by atoms with Gasteiger partial charge in [-0.2, -0.15) is 0 Å². The smallest absolute Gasteiger partial charge is 0.262 e. The summed E-state index contributed by atoms with van der Waals surface area (Å²) in [6.45, 7) is 2.81. The summed E-state index contributed by atoms with van der Waals surface area (Å²) in [6, 6.07) is 46.9. The lowest BCUT2D eigenvalue weighted by Gasteiger charge is -2.46. The van der Waals surface area contributed by atoms with E-state index < -0.39 is 16.2 Å². The molecule has 1 aliphatic heterocycles. The molecule has 9 heteroatoms. The van der Waals surface area contributed by atoms with Crippen molar-refractivity contribution < 1.29 is 22.7 Å². The molecular formula is C42H37N3O5S. The molecule has 51 heavy (non-hydrogen) atoms. The third-order valence-corrected chi connectivity index (χ3v) is 10.2. The standard InChI is InChI=1S/C42H37N3O5S/c1-30-13-17-34(18-14-30)43-51(47,48)38-25-26-40-39(27-38)42(46)45(35-19-23-36(49-2)24-20-35)41(44(40)28-31-9-5-3-6-10-31)33-15-21-37(22-16-33)50-29-32-11-7-4-8-12-32/h3-27,41,43H,28-29H2,1-2H3/t41-/m1/s1. The van der Waals surface area contributed by atoms with Gasteiger partial charge in [0.1, 0.15) is 24.3 Å². The molecule has 0 unspecified atom stereocenters. The Kier molecular flexibility index (Phi) is 9.46. The lowest BCUT2D eigenvalue weighted by molar-refractivity contribution is 0.0968. The highest BCUT2D eigenvalue weighted by Crippen LogP contribution is 2.44. The summed E-state index contributed by atoms with van der Waals surface area (Å²) in [4.78, 5) is 18.6. The number of sulfonamides is 1. The number of hydrogen-bond donors (Lipinski definition) is 1. The van der Waals surface area contributed by atoms with Gasteiger partial charge in [0.05, 0.1) is 23.3 Å². The largest absolute Gasteiger partial charge is 0.497 e. The van der Waals surface area contributed by atoms with Gasteiger partial charge in [0.15, 0.2) is 0 Å². The number of rotatable bonds is 11. The van der Waals surface area contributed by atoms with Gasteiger partial charge in [-0.15, -0.1) is 0 Å². The Morgan fingerprint density at radius 2 is 1.33 bits per heavy atom. The number of nitrogens with zero attached hydrogens (tertiary/aromatic N) is 2. The lowest BCUT2D eigenvalue weighted by atomic mass is 9.99. The van der Waals surface area contributed by atoms with Crippen molar-refractivity contribution in [3.63, 3.8) is 0 Å². The van der Waals surface area contributed by atoms with E-state index in [0.717, 1.165) is 22.3 Å². The highest BCUT2D eigenvalue weighted by Gasteiger charge is 2.40. The van der Waals surface area contributed by atoms with Crippen molar-refractivity contribution in [3.05, 3.63) is 179 Å². The van der Waals surface area contributed by atoms with Crippen molar-refractivity contribution >= 4 is 33.0 Å². The van der Waals surface area contributed by atoms with Crippen LogP contribution in [0.1, 0.15) is 38.8 Å². The maximum atomic E-state index is 14.8. The molecule has 6 aromatic carbocycles. The fourth-order valence-corrected chi connectivity index (χ4v) is 7.30. The van der Waals surface area contributed by atoms with Crippen LogP contribution in [0.3, 0.4) is 0 Å². The minimum atomic E-state index is -4.02. The van der Waals surface area contributed by atoms with Crippen LogP contribution < -0.4 is 24.0 Å². The molecule has 0 saturated heterocycles. The average molecular weight is 696 g/mol. The topological polar surface area (TPSA) is 88.2 Å². The first-order valence-corrected chi connectivity index (χ1v) is 18.1. The predicted octanol–water partition coefficient (Wildman–Crippen LogP) is 8.75. The van der Waals surface area contributed by atoms with Crippen LogP contribution in [0.25, 0.3) is 0 Å². The first kappa shape index (κ1) is 33.4. The number of carbonyl (C=O) groups excluding carboxylic acids is 1. The molecule has 0 fully saturated rings. The number of aryl methyl sites for hydroxylation is 1. The number of hydrogen-bond acceptors (Lipinski definition) is 6. The first-order valence-electron chi connectivity index (χ1n) is 16.6. The molecule has 0 spiro atoms. The Morgan fingerprint density at radius 3 is 1.98 bits per heavy atom. The van der Waals surface area contributed by atoms with E-state index >= 15 is 0 Å². The summed E-state index contributed by atoms with van der Waals surface area (Å²) in [7, 11) is -2.42. The summed E-state index contributed by atoms with van der Waals surface area (Å²) in [5.74, 6) is 1.02. The first-order chi connectivity index (χ1) is 24.8. The van der Waals surface area contributed by atoms with Crippen molar-refractivity contribution in [2.24, 2.45) is 0 Å². The number of amides is 1. The fraction of sp³-hybridized carbons (Fsp3) is 0.119.